The van der Waals surface area contributed by atoms with Crippen molar-refractivity contribution in [3.05, 3.63) is 28.7 Å². The van der Waals surface area contributed by atoms with Crippen LogP contribution in [-0.4, -0.2) is 54.1 Å². The van der Waals surface area contributed by atoms with Gasteiger partial charge in [-0.1, -0.05) is 26.0 Å². The van der Waals surface area contributed by atoms with Gasteiger partial charge in [-0.2, -0.15) is 0 Å². The predicted octanol–water partition coefficient (Wildman–Crippen LogP) is 2.16. The highest BCUT2D eigenvalue weighted by Gasteiger charge is 2.21. The second-order valence-corrected chi connectivity index (χ2v) is 5.96. The molecule has 0 aliphatic carbocycles. The zero-order chi connectivity index (χ0) is 17.2. The number of carbonyl (C=O) groups is 2. The number of benzene rings is 1. The lowest BCUT2D eigenvalue weighted by Gasteiger charge is -2.20. The number of aliphatic carboxylic acids is 1. The Kier molecular flexibility index (Phi) is 8.83. The maximum absolute atomic E-state index is 12.0. The molecule has 0 aliphatic heterocycles. The number of amides is 1. The smallest absolute Gasteiger partial charge is 0.321 e. The summed E-state index contributed by atoms with van der Waals surface area (Å²) < 4.78 is 0.759. The standard InChI is InChI=1S/C16H24BrN3O3/c1-3-20(4-2)10-9-18-14(16(22)23)11-15(21)19-13-8-6-5-7-12(13)17/h5-8,14,18H,3-4,9-11H2,1-2H3,(H,19,21)(H,22,23)/t14-/m1/s1. The van der Waals surface area contributed by atoms with Crippen LogP contribution in [0.2, 0.25) is 0 Å². The predicted molar refractivity (Wildman–Crippen MR) is 94.6 cm³/mol. The van der Waals surface area contributed by atoms with Crippen LogP contribution in [0.4, 0.5) is 5.69 Å². The summed E-state index contributed by atoms with van der Waals surface area (Å²) in [7, 11) is 0. The Labute approximate surface area is 145 Å². The minimum Gasteiger partial charge on any atom is -0.480 e. The van der Waals surface area contributed by atoms with Crippen molar-refractivity contribution in [3.63, 3.8) is 0 Å². The fourth-order valence-corrected chi connectivity index (χ4v) is 2.52. The molecule has 6 nitrogen and oxygen atoms in total. The van der Waals surface area contributed by atoms with Gasteiger partial charge in [0.15, 0.2) is 0 Å². The van der Waals surface area contributed by atoms with E-state index in [0.29, 0.717) is 12.2 Å². The molecule has 0 unspecified atom stereocenters. The van der Waals surface area contributed by atoms with E-state index >= 15 is 0 Å². The van der Waals surface area contributed by atoms with Crippen molar-refractivity contribution in [3.8, 4) is 0 Å². The van der Waals surface area contributed by atoms with E-state index in [-0.39, 0.29) is 12.3 Å². The van der Waals surface area contributed by atoms with E-state index in [0.717, 1.165) is 24.1 Å². The SMILES string of the molecule is CCN(CC)CCN[C@H](CC(=O)Nc1ccccc1Br)C(=O)O. The molecule has 1 aromatic carbocycles. The molecule has 0 fully saturated rings. The second kappa shape index (κ2) is 10.4. The summed E-state index contributed by atoms with van der Waals surface area (Å²) in [6, 6.07) is 6.32. The maximum atomic E-state index is 12.0. The molecule has 1 amide bonds. The van der Waals surface area contributed by atoms with Crippen LogP contribution < -0.4 is 10.6 Å². The molecule has 0 saturated heterocycles. The van der Waals surface area contributed by atoms with Crippen LogP contribution in [0, 0.1) is 0 Å². The van der Waals surface area contributed by atoms with Crippen molar-refractivity contribution in [1.82, 2.24) is 10.2 Å². The number of carbonyl (C=O) groups excluding carboxylic acids is 1. The van der Waals surface area contributed by atoms with Gasteiger partial charge in [0.2, 0.25) is 5.91 Å². The van der Waals surface area contributed by atoms with Crippen molar-refractivity contribution in [2.75, 3.05) is 31.5 Å². The van der Waals surface area contributed by atoms with Gasteiger partial charge in [-0.3, -0.25) is 9.59 Å². The summed E-state index contributed by atoms with van der Waals surface area (Å²) >= 11 is 3.34. The van der Waals surface area contributed by atoms with E-state index in [2.05, 4.69) is 45.3 Å². The topological polar surface area (TPSA) is 81.7 Å². The van der Waals surface area contributed by atoms with Crippen molar-refractivity contribution in [2.24, 2.45) is 0 Å². The number of nitrogens with one attached hydrogen (secondary N) is 2. The number of carboxylic acid groups (broad SMARTS) is 1. The summed E-state index contributed by atoms with van der Waals surface area (Å²) in [6.07, 6.45) is -0.116. The lowest BCUT2D eigenvalue weighted by molar-refractivity contribution is -0.141. The van der Waals surface area contributed by atoms with E-state index in [1.807, 2.05) is 12.1 Å². The van der Waals surface area contributed by atoms with E-state index in [1.54, 1.807) is 12.1 Å². The number of anilines is 1. The summed E-state index contributed by atoms with van der Waals surface area (Å²) in [4.78, 5) is 25.5. The molecule has 0 heterocycles. The zero-order valence-corrected chi connectivity index (χ0v) is 15.1. The summed E-state index contributed by atoms with van der Waals surface area (Å²) in [5, 5.41) is 14.9. The lowest BCUT2D eigenvalue weighted by Crippen LogP contribution is -2.43. The molecule has 23 heavy (non-hydrogen) atoms. The van der Waals surface area contributed by atoms with Gasteiger partial charge < -0.3 is 20.6 Å². The monoisotopic (exact) mass is 385 g/mol. The fraction of sp³-hybridized carbons (Fsp3) is 0.500. The summed E-state index contributed by atoms with van der Waals surface area (Å²) in [5.74, 6) is -1.36. The first-order valence-corrected chi connectivity index (χ1v) is 8.50. The number of hydrogen-bond acceptors (Lipinski definition) is 4. The zero-order valence-electron chi connectivity index (χ0n) is 13.5. The van der Waals surface area contributed by atoms with Crippen LogP contribution in [0.25, 0.3) is 0 Å². The van der Waals surface area contributed by atoms with Crippen LogP contribution in [0.5, 0.6) is 0 Å². The molecule has 0 radical (unpaired) electrons. The minimum absolute atomic E-state index is 0.116. The van der Waals surface area contributed by atoms with Gasteiger partial charge in [-0.15, -0.1) is 0 Å². The number of rotatable bonds is 10. The van der Waals surface area contributed by atoms with Gasteiger partial charge in [0.1, 0.15) is 6.04 Å². The van der Waals surface area contributed by atoms with Crippen molar-refractivity contribution >= 4 is 33.5 Å². The lowest BCUT2D eigenvalue weighted by atomic mass is 10.2. The molecular formula is C16H24BrN3O3. The Bertz CT molecular complexity index is 521. The highest BCUT2D eigenvalue weighted by atomic mass is 79.9. The molecule has 0 bridgehead atoms. The average Bonchev–Trinajstić information content (AvgIpc) is 2.52. The highest BCUT2D eigenvalue weighted by molar-refractivity contribution is 9.10. The second-order valence-electron chi connectivity index (χ2n) is 5.10. The Morgan fingerprint density at radius 3 is 2.48 bits per heavy atom. The molecule has 128 valence electrons. The average molecular weight is 386 g/mol. The van der Waals surface area contributed by atoms with Crippen LogP contribution in [0.15, 0.2) is 28.7 Å². The molecule has 7 heteroatoms. The Hall–Kier alpha value is -1.44. The molecule has 1 rings (SSSR count). The van der Waals surface area contributed by atoms with Crippen LogP contribution in [-0.2, 0) is 9.59 Å². The van der Waals surface area contributed by atoms with Gasteiger partial charge in [0.25, 0.3) is 0 Å². The number of halogens is 1. The van der Waals surface area contributed by atoms with Gasteiger partial charge >= 0.3 is 5.97 Å². The number of likely N-dealkylation sites (N-methyl/N-ethyl adjacent to an activating group) is 1. The van der Waals surface area contributed by atoms with Crippen molar-refractivity contribution in [1.29, 1.82) is 0 Å². The van der Waals surface area contributed by atoms with E-state index in [4.69, 9.17) is 0 Å². The van der Waals surface area contributed by atoms with E-state index in [9.17, 15) is 14.7 Å². The number of nitrogens with zero attached hydrogens (tertiary/aromatic N) is 1. The third kappa shape index (κ3) is 7.11. The molecule has 1 atom stereocenters. The van der Waals surface area contributed by atoms with Crippen LogP contribution >= 0.6 is 15.9 Å². The molecule has 3 N–H and O–H groups in total. The first-order valence-electron chi connectivity index (χ1n) is 7.70. The third-order valence-corrected chi connectivity index (χ3v) is 4.24. The van der Waals surface area contributed by atoms with Gasteiger partial charge in [-0.25, -0.2) is 0 Å². The number of carboxylic acids is 1. The normalized spacial score (nSPS) is 12.2. The van der Waals surface area contributed by atoms with Crippen LogP contribution in [0.3, 0.4) is 0 Å². The Morgan fingerprint density at radius 1 is 1.26 bits per heavy atom. The fourth-order valence-electron chi connectivity index (χ4n) is 2.13. The van der Waals surface area contributed by atoms with Crippen LogP contribution in [0.1, 0.15) is 20.3 Å². The highest BCUT2D eigenvalue weighted by Crippen LogP contribution is 2.21. The van der Waals surface area contributed by atoms with E-state index < -0.39 is 12.0 Å². The third-order valence-electron chi connectivity index (χ3n) is 3.55. The number of hydrogen-bond donors (Lipinski definition) is 3. The Balaban J connectivity index is 2.50. The summed E-state index contributed by atoms with van der Waals surface area (Å²) in [6.45, 7) is 7.23. The first kappa shape index (κ1) is 19.6. The largest absolute Gasteiger partial charge is 0.480 e. The molecule has 0 saturated carbocycles. The molecular weight excluding hydrogens is 362 g/mol. The first-order chi connectivity index (χ1) is 11.0. The van der Waals surface area contributed by atoms with Crippen molar-refractivity contribution in [2.45, 2.75) is 26.3 Å². The summed E-state index contributed by atoms with van der Waals surface area (Å²) in [5.41, 5.74) is 0.629. The minimum atomic E-state index is -1.02. The molecule has 0 aromatic heterocycles. The van der Waals surface area contributed by atoms with Gasteiger partial charge in [0, 0.05) is 17.6 Å². The molecule has 0 spiro atoms. The maximum Gasteiger partial charge on any atom is 0.321 e. The molecule has 1 aromatic rings. The van der Waals surface area contributed by atoms with Gasteiger partial charge in [0.05, 0.1) is 12.1 Å². The van der Waals surface area contributed by atoms with Gasteiger partial charge in [-0.05, 0) is 41.2 Å². The quantitative estimate of drug-likeness (QED) is 0.574. The van der Waals surface area contributed by atoms with Crippen molar-refractivity contribution < 1.29 is 14.7 Å². The van der Waals surface area contributed by atoms with E-state index in [1.165, 1.54) is 0 Å². The molecule has 0 aliphatic rings. The Morgan fingerprint density at radius 2 is 1.91 bits per heavy atom. The number of para-hydroxylation sites is 1.